The molecule has 0 bridgehead atoms. The summed E-state index contributed by atoms with van der Waals surface area (Å²) in [6.07, 6.45) is 0.754. The molecule has 0 aliphatic carbocycles. The number of hydrogen-bond acceptors (Lipinski definition) is 3. The minimum absolute atomic E-state index is 0.0361. The topological polar surface area (TPSA) is 63.2 Å². The summed E-state index contributed by atoms with van der Waals surface area (Å²) in [5.74, 6) is -0.398. The fourth-order valence-corrected chi connectivity index (χ4v) is 2.55. The standard InChI is InChI=1S/C21H23NO3/c1-15(23)8-13-21(25)22-20(16(2)24)14-17-9-11-19(12-10-17)18-6-4-3-5-7-18/h3-7,9-12,20H,8,13-14H2,1-2H3,(H,22,25)/t20-/m0/s1. The van der Waals surface area contributed by atoms with E-state index in [1.54, 1.807) is 0 Å². The molecule has 0 aliphatic heterocycles. The van der Waals surface area contributed by atoms with E-state index in [1.807, 2.05) is 54.6 Å². The van der Waals surface area contributed by atoms with Crippen LogP contribution < -0.4 is 5.32 Å². The third kappa shape index (κ3) is 5.99. The van der Waals surface area contributed by atoms with Crippen LogP contribution in [-0.2, 0) is 20.8 Å². The third-order valence-electron chi connectivity index (χ3n) is 4.03. The first-order chi connectivity index (χ1) is 12.0. The van der Waals surface area contributed by atoms with Crippen LogP contribution in [0.3, 0.4) is 0 Å². The second-order valence-corrected chi connectivity index (χ2v) is 6.20. The van der Waals surface area contributed by atoms with Crippen molar-refractivity contribution in [1.82, 2.24) is 5.32 Å². The Hall–Kier alpha value is -2.75. The molecule has 0 saturated carbocycles. The first-order valence-electron chi connectivity index (χ1n) is 8.39. The molecule has 0 radical (unpaired) electrons. The Kier molecular flexibility index (Phi) is 6.63. The van der Waals surface area contributed by atoms with Gasteiger partial charge in [0, 0.05) is 12.8 Å². The van der Waals surface area contributed by atoms with Gasteiger partial charge in [0.05, 0.1) is 6.04 Å². The molecule has 0 fully saturated rings. The summed E-state index contributed by atoms with van der Waals surface area (Å²) in [6, 6.07) is 17.5. The number of carbonyl (C=O) groups is 3. The van der Waals surface area contributed by atoms with Gasteiger partial charge in [-0.05, 0) is 37.0 Å². The summed E-state index contributed by atoms with van der Waals surface area (Å²) in [5, 5.41) is 2.73. The molecule has 4 heteroatoms. The van der Waals surface area contributed by atoms with Crippen molar-refractivity contribution in [3.05, 3.63) is 60.2 Å². The van der Waals surface area contributed by atoms with Gasteiger partial charge in [0.2, 0.25) is 5.91 Å². The Bertz CT molecular complexity index is 735. The van der Waals surface area contributed by atoms with E-state index in [2.05, 4.69) is 5.32 Å². The van der Waals surface area contributed by atoms with Crippen LogP contribution in [0.4, 0.5) is 0 Å². The number of benzene rings is 2. The second-order valence-electron chi connectivity index (χ2n) is 6.20. The van der Waals surface area contributed by atoms with Crippen molar-refractivity contribution >= 4 is 17.5 Å². The van der Waals surface area contributed by atoms with E-state index in [4.69, 9.17) is 0 Å². The van der Waals surface area contributed by atoms with Gasteiger partial charge in [-0.1, -0.05) is 54.6 Å². The highest BCUT2D eigenvalue weighted by Gasteiger charge is 2.17. The summed E-state index contributed by atoms with van der Waals surface area (Å²) in [5.41, 5.74) is 3.22. The maximum Gasteiger partial charge on any atom is 0.221 e. The molecule has 4 nitrogen and oxygen atoms in total. The normalized spacial score (nSPS) is 11.6. The van der Waals surface area contributed by atoms with Crippen LogP contribution in [0, 0.1) is 0 Å². The van der Waals surface area contributed by atoms with E-state index < -0.39 is 6.04 Å². The SMILES string of the molecule is CC(=O)CCC(=O)N[C@@H](Cc1ccc(-c2ccccc2)cc1)C(C)=O. The molecule has 0 aromatic heterocycles. The smallest absolute Gasteiger partial charge is 0.221 e. The van der Waals surface area contributed by atoms with Crippen molar-refractivity contribution in [1.29, 1.82) is 0 Å². The minimum atomic E-state index is -0.568. The molecular formula is C21H23NO3. The van der Waals surface area contributed by atoms with E-state index in [0.717, 1.165) is 16.7 Å². The molecule has 0 saturated heterocycles. The zero-order chi connectivity index (χ0) is 18.2. The van der Waals surface area contributed by atoms with Gasteiger partial charge in [0.1, 0.15) is 5.78 Å². The van der Waals surface area contributed by atoms with E-state index in [1.165, 1.54) is 13.8 Å². The van der Waals surface area contributed by atoms with Crippen molar-refractivity contribution in [3.8, 4) is 11.1 Å². The molecule has 1 N–H and O–H groups in total. The van der Waals surface area contributed by atoms with Crippen LogP contribution in [0.2, 0.25) is 0 Å². The Labute approximate surface area is 148 Å². The summed E-state index contributed by atoms with van der Waals surface area (Å²) < 4.78 is 0. The lowest BCUT2D eigenvalue weighted by Crippen LogP contribution is -2.41. The predicted octanol–water partition coefficient (Wildman–Crippen LogP) is 3.34. The summed E-state index contributed by atoms with van der Waals surface area (Å²) >= 11 is 0. The molecule has 0 heterocycles. The fourth-order valence-electron chi connectivity index (χ4n) is 2.55. The molecule has 130 valence electrons. The largest absolute Gasteiger partial charge is 0.346 e. The number of ketones is 2. The van der Waals surface area contributed by atoms with Crippen molar-refractivity contribution in [2.75, 3.05) is 0 Å². The van der Waals surface area contributed by atoms with Gasteiger partial charge in [-0.25, -0.2) is 0 Å². The van der Waals surface area contributed by atoms with Crippen LogP contribution in [0.1, 0.15) is 32.3 Å². The highest BCUT2D eigenvalue weighted by Crippen LogP contribution is 2.19. The molecular weight excluding hydrogens is 314 g/mol. The molecule has 0 unspecified atom stereocenters. The molecule has 2 aromatic rings. The quantitative estimate of drug-likeness (QED) is 0.803. The zero-order valence-electron chi connectivity index (χ0n) is 14.6. The highest BCUT2D eigenvalue weighted by molar-refractivity contribution is 5.89. The second kappa shape index (κ2) is 8.92. The predicted molar refractivity (Wildman–Crippen MR) is 98.1 cm³/mol. The number of carbonyl (C=O) groups excluding carboxylic acids is 3. The number of amides is 1. The molecule has 1 amide bonds. The number of nitrogens with one attached hydrogen (secondary N) is 1. The van der Waals surface area contributed by atoms with Crippen LogP contribution in [0.5, 0.6) is 0 Å². The number of rotatable bonds is 8. The third-order valence-corrected chi connectivity index (χ3v) is 4.03. The Morgan fingerprint density at radius 3 is 2.00 bits per heavy atom. The molecule has 2 rings (SSSR count). The van der Waals surface area contributed by atoms with E-state index in [0.29, 0.717) is 6.42 Å². The Balaban J connectivity index is 2.01. The van der Waals surface area contributed by atoms with Gasteiger partial charge in [-0.15, -0.1) is 0 Å². The monoisotopic (exact) mass is 337 g/mol. The lowest BCUT2D eigenvalue weighted by atomic mass is 9.99. The van der Waals surface area contributed by atoms with Gasteiger partial charge in [-0.3, -0.25) is 9.59 Å². The number of hydrogen-bond donors (Lipinski definition) is 1. The van der Waals surface area contributed by atoms with Crippen LogP contribution in [-0.4, -0.2) is 23.5 Å². The Morgan fingerprint density at radius 2 is 1.44 bits per heavy atom. The maximum absolute atomic E-state index is 11.9. The van der Waals surface area contributed by atoms with Crippen molar-refractivity contribution in [2.24, 2.45) is 0 Å². The van der Waals surface area contributed by atoms with Gasteiger partial charge in [0.25, 0.3) is 0 Å². The van der Waals surface area contributed by atoms with Crippen molar-refractivity contribution < 1.29 is 14.4 Å². The zero-order valence-corrected chi connectivity index (χ0v) is 14.6. The molecule has 25 heavy (non-hydrogen) atoms. The molecule has 0 aliphatic rings. The molecule has 0 spiro atoms. The summed E-state index contributed by atoms with van der Waals surface area (Å²) in [6.45, 7) is 2.91. The van der Waals surface area contributed by atoms with E-state index >= 15 is 0 Å². The van der Waals surface area contributed by atoms with E-state index in [-0.39, 0.29) is 30.3 Å². The average Bonchev–Trinajstić information content (AvgIpc) is 2.60. The minimum Gasteiger partial charge on any atom is -0.346 e. The van der Waals surface area contributed by atoms with Gasteiger partial charge in [0.15, 0.2) is 5.78 Å². The summed E-state index contributed by atoms with van der Waals surface area (Å²) in [7, 11) is 0. The van der Waals surface area contributed by atoms with Gasteiger partial charge < -0.3 is 10.1 Å². The maximum atomic E-state index is 11.9. The van der Waals surface area contributed by atoms with Gasteiger partial charge in [-0.2, -0.15) is 0 Å². The molecule has 2 aromatic carbocycles. The summed E-state index contributed by atoms with van der Waals surface area (Å²) in [4.78, 5) is 34.7. The van der Waals surface area contributed by atoms with Crippen molar-refractivity contribution in [2.45, 2.75) is 39.2 Å². The van der Waals surface area contributed by atoms with Crippen LogP contribution >= 0.6 is 0 Å². The average molecular weight is 337 g/mol. The molecule has 1 atom stereocenters. The lowest BCUT2D eigenvalue weighted by Gasteiger charge is -2.16. The first-order valence-corrected chi connectivity index (χ1v) is 8.39. The number of Topliss-reactive ketones (excluding diaryl/α,β-unsaturated/α-hetero) is 2. The Morgan fingerprint density at radius 1 is 0.840 bits per heavy atom. The highest BCUT2D eigenvalue weighted by atomic mass is 16.2. The van der Waals surface area contributed by atoms with Gasteiger partial charge >= 0.3 is 0 Å². The lowest BCUT2D eigenvalue weighted by molar-refractivity contribution is -0.128. The fraction of sp³-hybridized carbons (Fsp3) is 0.286. The first kappa shape index (κ1) is 18.6. The van der Waals surface area contributed by atoms with Crippen molar-refractivity contribution in [3.63, 3.8) is 0 Å². The van der Waals surface area contributed by atoms with Crippen LogP contribution in [0.15, 0.2) is 54.6 Å². The van der Waals surface area contributed by atoms with E-state index in [9.17, 15) is 14.4 Å². The van der Waals surface area contributed by atoms with Crippen LogP contribution in [0.25, 0.3) is 11.1 Å².